The molecule has 0 saturated heterocycles. The SMILES string of the molecule is N#Cc1c(N=Cc2ccccc2OCc2cccc(Cl)c2)sc2c1CCCC2. The Morgan fingerprint density at radius 2 is 2.00 bits per heavy atom. The van der Waals surface area contributed by atoms with Crippen molar-refractivity contribution in [2.75, 3.05) is 0 Å². The Morgan fingerprint density at radius 3 is 2.86 bits per heavy atom. The molecule has 3 aromatic rings. The predicted octanol–water partition coefficient (Wildman–Crippen LogP) is 6.48. The summed E-state index contributed by atoms with van der Waals surface area (Å²) in [5.74, 6) is 0.756. The number of fused-ring (bicyclic) bond motifs is 1. The van der Waals surface area contributed by atoms with Crippen LogP contribution in [0.5, 0.6) is 5.75 Å². The number of benzene rings is 2. The van der Waals surface area contributed by atoms with E-state index in [4.69, 9.17) is 16.3 Å². The summed E-state index contributed by atoms with van der Waals surface area (Å²) >= 11 is 7.69. The number of nitrogens with zero attached hydrogens (tertiary/aromatic N) is 2. The first-order valence-electron chi connectivity index (χ1n) is 9.29. The molecule has 28 heavy (non-hydrogen) atoms. The van der Waals surface area contributed by atoms with Gasteiger partial charge in [0.05, 0.1) is 5.56 Å². The van der Waals surface area contributed by atoms with Gasteiger partial charge in [0.25, 0.3) is 0 Å². The smallest absolute Gasteiger partial charge is 0.134 e. The Balaban J connectivity index is 1.56. The lowest BCUT2D eigenvalue weighted by Crippen LogP contribution is -1.99. The molecule has 1 aliphatic carbocycles. The van der Waals surface area contributed by atoms with Gasteiger partial charge in [0, 0.05) is 21.7 Å². The van der Waals surface area contributed by atoms with Gasteiger partial charge >= 0.3 is 0 Å². The van der Waals surface area contributed by atoms with Crippen LogP contribution in [-0.4, -0.2) is 6.21 Å². The van der Waals surface area contributed by atoms with Gasteiger partial charge in [-0.3, -0.25) is 0 Å². The van der Waals surface area contributed by atoms with Crippen molar-refractivity contribution < 1.29 is 4.74 Å². The Morgan fingerprint density at radius 1 is 1.14 bits per heavy atom. The van der Waals surface area contributed by atoms with Gasteiger partial charge in [-0.05, 0) is 61.1 Å². The molecule has 0 radical (unpaired) electrons. The van der Waals surface area contributed by atoms with Gasteiger partial charge < -0.3 is 4.74 Å². The van der Waals surface area contributed by atoms with E-state index in [-0.39, 0.29) is 0 Å². The predicted molar refractivity (Wildman–Crippen MR) is 115 cm³/mol. The lowest BCUT2D eigenvalue weighted by molar-refractivity contribution is 0.306. The van der Waals surface area contributed by atoms with Crippen molar-refractivity contribution in [2.45, 2.75) is 32.3 Å². The second-order valence-electron chi connectivity index (χ2n) is 6.72. The zero-order valence-corrected chi connectivity index (χ0v) is 16.9. The summed E-state index contributed by atoms with van der Waals surface area (Å²) in [5, 5.41) is 11.1. The molecule has 140 valence electrons. The summed E-state index contributed by atoms with van der Waals surface area (Å²) in [6.45, 7) is 0.433. The van der Waals surface area contributed by atoms with E-state index in [2.05, 4.69) is 11.1 Å². The molecule has 0 bridgehead atoms. The van der Waals surface area contributed by atoms with E-state index < -0.39 is 0 Å². The minimum Gasteiger partial charge on any atom is -0.488 e. The molecule has 0 fully saturated rings. The maximum Gasteiger partial charge on any atom is 0.134 e. The normalized spacial score (nSPS) is 13.3. The molecule has 4 rings (SSSR count). The van der Waals surface area contributed by atoms with Crippen LogP contribution in [-0.2, 0) is 19.4 Å². The molecule has 2 aromatic carbocycles. The van der Waals surface area contributed by atoms with Gasteiger partial charge in [0.15, 0.2) is 0 Å². The van der Waals surface area contributed by atoms with Gasteiger partial charge in [-0.1, -0.05) is 35.9 Å². The molecule has 3 nitrogen and oxygen atoms in total. The number of thiophene rings is 1. The lowest BCUT2D eigenvalue weighted by Gasteiger charge is -2.09. The highest BCUT2D eigenvalue weighted by Gasteiger charge is 2.20. The van der Waals surface area contributed by atoms with Crippen molar-refractivity contribution in [1.29, 1.82) is 5.26 Å². The van der Waals surface area contributed by atoms with Gasteiger partial charge in [-0.25, -0.2) is 4.99 Å². The second-order valence-corrected chi connectivity index (χ2v) is 8.24. The summed E-state index contributed by atoms with van der Waals surface area (Å²) in [5.41, 5.74) is 3.85. The number of rotatable bonds is 5. The van der Waals surface area contributed by atoms with Crippen LogP contribution in [0.2, 0.25) is 5.02 Å². The number of aryl methyl sites for hydroxylation is 1. The largest absolute Gasteiger partial charge is 0.488 e. The van der Waals surface area contributed by atoms with Gasteiger partial charge in [-0.2, -0.15) is 5.26 Å². The molecule has 1 aromatic heterocycles. The quantitative estimate of drug-likeness (QED) is 0.455. The Bertz CT molecular complexity index is 1060. The van der Waals surface area contributed by atoms with Crippen LogP contribution < -0.4 is 4.74 Å². The maximum atomic E-state index is 9.60. The summed E-state index contributed by atoms with van der Waals surface area (Å²) in [6.07, 6.45) is 6.20. The molecule has 0 amide bonds. The monoisotopic (exact) mass is 406 g/mol. The van der Waals surface area contributed by atoms with Gasteiger partial charge in [-0.15, -0.1) is 11.3 Å². The lowest BCUT2D eigenvalue weighted by atomic mass is 9.96. The van der Waals surface area contributed by atoms with Crippen LogP contribution in [0.25, 0.3) is 0 Å². The van der Waals surface area contributed by atoms with Crippen molar-refractivity contribution in [2.24, 2.45) is 4.99 Å². The third-order valence-corrected chi connectivity index (χ3v) is 6.22. The Kier molecular flexibility index (Phi) is 5.76. The zero-order valence-electron chi connectivity index (χ0n) is 15.3. The van der Waals surface area contributed by atoms with Crippen LogP contribution in [0.15, 0.2) is 53.5 Å². The van der Waals surface area contributed by atoms with Crippen LogP contribution in [0.1, 0.15) is 40.0 Å². The first-order valence-corrected chi connectivity index (χ1v) is 10.5. The summed E-state index contributed by atoms with van der Waals surface area (Å²) < 4.78 is 5.99. The van der Waals surface area contributed by atoms with Crippen molar-refractivity contribution in [3.63, 3.8) is 0 Å². The Labute approximate surface area is 173 Å². The summed E-state index contributed by atoms with van der Waals surface area (Å²) in [4.78, 5) is 5.97. The van der Waals surface area contributed by atoms with Gasteiger partial charge in [0.2, 0.25) is 0 Å². The zero-order chi connectivity index (χ0) is 19.3. The molecule has 0 N–H and O–H groups in total. The fourth-order valence-corrected chi connectivity index (χ4v) is 4.79. The third kappa shape index (κ3) is 4.11. The van der Waals surface area contributed by atoms with E-state index in [0.717, 1.165) is 46.7 Å². The Hall–Kier alpha value is -2.61. The molecule has 5 heteroatoms. The highest BCUT2D eigenvalue weighted by atomic mass is 35.5. The molecule has 0 spiro atoms. The first kappa shape index (κ1) is 18.7. The molecular weight excluding hydrogens is 388 g/mol. The van der Waals surface area contributed by atoms with E-state index in [1.54, 1.807) is 17.6 Å². The average molecular weight is 407 g/mol. The highest BCUT2D eigenvalue weighted by molar-refractivity contribution is 7.16. The van der Waals surface area contributed by atoms with E-state index in [9.17, 15) is 5.26 Å². The molecule has 0 aliphatic heterocycles. The summed E-state index contributed by atoms with van der Waals surface area (Å²) in [7, 11) is 0. The number of nitriles is 1. The van der Waals surface area contributed by atoms with E-state index in [1.807, 2.05) is 48.5 Å². The molecule has 0 saturated carbocycles. The van der Waals surface area contributed by atoms with E-state index in [1.165, 1.54) is 16.9 Å². The first-order chi connectivity index (χ1) is 13.7. The fourth-order valence-electron chi connectivity index (χ4n) is 3.39. The topological polar surface area (TPSA) is 45.4 Å². The molecule has 1 aliphatic rings. The van der Waals surface area contributed by atoms with Gasteiger partial charge in [0.1, 0.15) is 23.4 Å². The maximum absolute atomic E-state index is 9.60. The third-order valence-electron chi connectivity index (χ3n) is 4.79. The van der Waals surface area contributed by atoms with E-state index >= 15 is 0 Å². The minimum atomic E-state index is 0.433. The van der Waals surface area contributed by atoms with Crippen molar-refractivity contribution >= 4 is 34.2 Å². The van der Waals surface area contributed by atoms with Crippen LogP contribution >= 0.6 is 22.9 Å². The molecular formula is C23H19ClN2OS. The summed E-state index contributed by atoms with van der Waals surface area (Å²) in [6, 6.07) is 17.8. The molecule has 0 unspecified atom stereocenters. The molecule has 1 heterocycles. The number of aliphatic imine (C=N–C) groups is 1. The number of hydrogen-bond donors (Lipinski definition) is 0. The fraction of sp³-hybridized carbons (Fsp3) is 0.217. The molecule has 0 atom stereocenters. The number of halogens is 1. The number of hydrogen-bond acceptors (Lipinski definition) is 4. The standard InChI is InChI=1S/C23H19ClN2OS/c24-18-8-5-6-16(12-18)15-27-21-10-3-1-7-17(21)14-26-23-20(13-25)19-9-2-4-11-22(19)28-23/h1,3,5-8,10,12,14H,2,4,9,11,15H2. The van der Waals surface area contributed by atoms with Crippen LogP contribution in [0.4, 0.5) is 5.00 Å². The van der Waals surface area contributed by atoms with Crippen LogP contribution in [0, 0.1) is 11.3 Å². The van der Waals surface area contributed by atoms with Crippen molar-refractivity contribution in [1.82, 2.24) is 0 Å². The van der Waals surface area contributed by atoms with Crippen molar-refractivity contribution in [3.05, 3.63) is 80.7 Å². The number of para-hydroxylation sites is 1. The van der Waals surface area contributed by atoms with Crippen molar-refractivity contribution in [3.8, 4) is 11.8 Å². The second kappa shape index (κ2) is 8.60. The average Bonchev–Trinajstić information content (AvgIpc) is 3.09. The number of ether oxygens (including phenoxy) is 1. The highest BCUT2D eigenvalue weighted by Crippen LogP contribution is 2.39. The van der Waals surface area contributed by atoms with Crippen LogP contribution in [0.3, 0.4) is 0 Å². The van der Waals surface area contributed by atoms with E-state index in [0.29, 0.717) is 11.6 Å². The minimum absolute atomic E-state index is 0.433.